The zero-order valence-electron chi connectivity index (χ0n) is 12.9. The average Bonchev–Trinajstić information content (AvgIpc) is 2.89. The topological polar surface area (TPSA) is 75.4 Å². The summed E-state index contributed by atoms with van der Waals surface area (Å²) in [7, 11) is -3.61. The van der Waals surface area contributed by atoms with Gasteiger partial charge in [0.15, 0.2) is 0 Å². The molecule has 124 valence electrons. The standard InChI is InChI=1S/C16H21N3O2S2/c17-23(20,21)16-7-6-15(22-16)14-4-2-13(3-5-14)12-19-10-1-8-18-9-11-19/h2-7,18H,1,8-12H2,(H2,17,20,21). The van der Waals surface area contributed by atoms with Crippen molar-refractivity contribution in [1.29, 1.82) is 0 Å². The average molecular weight is 351 g/mol. The molecule has 0 aliphatic carbocycles. The third-order valence-electron chi connectivity index (χ3n) is 3.94. The zero-order chi connectivity index (χ0) is 16.3. The van der Waals surface area contributed by atoms with Crippen LogP contribution in [-0.2, 0) is 16.6 Å². The van der Waals surface area contributed by atoms with Crippen molar-refractivity contribution < 1.29 is 8.42 Å². The second-order valence-electron chi connectivity index (χ2n) is 5.74. The molecule has 7 heteroatoms. The number of primary sulfonamides is 1. The molecule has 3 rings (SSSR count). The Labute approximate surface area is 141 Å². The van der Waals surface area contributed by atoms with Gasteiger partial charge in [-0.15, -0.1) is 11.3 Å². The summed E-state index contributed by atoms with van der Waals surface area (Å²) in [6, 6.07) is 11.7. The van der Waals surface area contributed by atoms with Gasteiger partial charge in [-0.05, 0) is 42.8 Å². The van der Waals surface area contributed by atoms with Gasteiger partial charge >= 0.3 is 0 Å². The molecule has 1 saturated heterocycles. The van der Waals surface area contributed by atoms with Crippen molar-refractivity contribution in [3.8, 4) is 10.4 Å². The Balaban J connectivity index is 1.70. The monoisotopic (exact) mass is 351 g/mol. The lowest BCUT2D eigenvalue weighted by atomic mass is 10.1. The summed E-state index contributed by atoms with van der Waals surface area (Å²) in [6.45, 7) is 5.29. The van der Waals surface area contributed by atoms with E-state index in [9.17, 15) is 8.42 Å². The maximum Gasteiger partial charge on any atom is 0.247 e. The van der Waals surface area contributed by atoms with Crippen LogP contribution in [0.5, 0.6) is 0 Å². The predicted molar refractivity (Wildman–Crippen MR) is 93.9 cm³/mol. The van der Waals surface area contributed by atoms with E-state index in [4.69, 9.17) is 5.14 Å². The molecule has 3 N–H and O–H groups in total. The number of hydrogen-bond acceptors (Lipinski definition) is 5. The van der Waals surface area contributed by atoms with Crippen LogP contribution in [0.25, 0.3) is 10.4 Å². The minimum absolute atomic E-state index is 0.202. The Morgan fingerprint density at radius 1 is 1.09 bits per heavy atom. The minimum Gasteiger partial charge on any atom is -0.315 e. The van der Waals surface area contributed by atoms with E-state index in [1.165, 1.54) is 23.3 Å². The number of rotatable bonds is 4. The van der Waals surface area contributed by atoms with Gasteiger partial charge in [0.2, 0.25) is 10.0 Å². The van der Waals surface area contributed by atoms with Gasteiger partial charge in [0.1, 0.15) is 4.21 Å². The first-order valence-corrected chi connectivity index (χ1v) is 10.0. The second-order valence-corrected chi connectivity index (χ2v) is 8.61. The molecule has 0 radical (unpaired) electrons. The maximum absolute atomic E-state index is 11.4. The summed E-state index contributed by atoms with van der Waals surface area (Å²) in [6.07, 6.45) is 1.18. The normalized spacial score (nSPS) is 17.1. The lowest BCUT2D eigenvalue weighted by molar-refractivity contribution is 0.284. The molecule has 1 aliphatic heterocycles. The van der Waals surface area contributed by atoms with Crippen LogP contribution in [0, 0.1) is 0 Å². The summed E-state index contributed by atoms with van der Waals surface area (Å²) in [5.74, 6) is 0. The molecule has 1 aromatic carbocycles. The fraction of sp³-hybridized carbons (Fsp3) is 0.375. The molecule has 23 heavy (non-hydrogen) atoms. The molecule has 2 aromatic rings. The highest BCUT2D eigenvalue weighted by Gasteiger charge is 2.13. The van der Waals surface area contributed by atoms with Crippen LogP contribution >= 0.6 is 11.3 Å². The number of sulfonamides is 1. The molecule has 1 fully saturated rings. The summed E-state index contributed by atoms with van der Waals surface area (Å²) < 4.78 is 22.9. The molecule has 0 amide bonds. The molecule has 0 spiro atoms. The zero-order valence-corrected chi connectivity index (χ0v) is 14.5. The first kappa shape index (κ1) is 16.6. The fourth-order valence-electron chi connectivity index (χ4n) is 2.72. The van der Waals surface area contributed by atoms with Gasteiger partial charge in [0.25, 0.3) is 0 Å². The SMILES string of the molecule is NS(=O)(=O)c1ccc(-c2ccc(CN3CCCNCC3)cc2)s1. The number of benzene rings is 1. The van der Waals surface area contributed by atoms with Crippen molar-refractivity contribution in [1.82, 2.24) is 10.2 Å². The van der Waals surface area contributed by atoms with Crippen LogP contribution in [0.3, 0.4) is 0 Å². The molecule has 0 bridgehead atoms. The van der Waals surface area contributed by atoms with Crippen LogP contribution in [0.2, 0.25) is 0 Å². The molecule has 1 aliphatic rings. The lowest BCUT2D eigenvalue weighted by Crippen LogP contribution is -2.27. The third-order valence-corrected chi connectivity index (χ3v) is 6.51. The van der Waals surface area contributed by atoms with Gasteiger partial charge in [-0.3, -0.25) is 4.90 Å². The molecule has 1 aromatic heterocycles. The van der Waals surface area contributed by atoms with E-state index in [0.29, 0.717) is 0 Å². The Bertz CT molecular complexity index is 746. The molecular weight excluding hydrogens is 330 g/mol. The summed E-state index contributed by atoms with van der Waals surface area (Å²) in [5.41, 5.74) is 2.30. The van der Waals surface area contributed by atoms with Gasteiger partial charge in [0, 0.05) is 24.5 Å². The van der Waals surface area contributed by atoms with Crippen molar-refractivity contribution in [2.75, 3.05) is 26.2 Å². The fourth-order valence-corrected chi connectivity index (χ4v) is 4.46. The number of thiophene rings is 1. The predicted octanol–water partition coefficient (Wildman–Crippen LogP) is 1.86. The molecule has 2 heterocycles. The van der Waals surface area contributed by atoms with E-state index in [0.717, 1.165) is 43.2 Å². The molecule has 0 atom stereocenters. The Morgan fingerprint density at radius 2 is 1.87 bits per heavy atom. The molecular formula is C16H21N3O2S2. The first-order chi connectivity index (χ1) is 11.0. The van der Waals surface area contributed by atoms with Crippen LogP contribution in [-0.4, -0.2) is 39.5 Å². The van der Waals surface area contributed by atoms with Crippen LogP contribution in [0.4, 0.5) is 0 Å². The number of nitrogens with one attached hydrogen (secondary N) is 1. The Morgan fingerprint density at radius 3 is 2.57 bits per heavy atom. The van der Waals surface area contributed by atoms with E-state index in [2.05, 4.69) is 22.3 Å². The summed E-state index contributed by atoms with van der Waals surface area (Å²) >= 11 is 1.21. The minimum atomic E-state index is -3.61. The van der Waals surface area contributed by atoms with Gasteiger partial charge in [-0.25, -0.2) is 13.6 Å². The molecule has 0 unspecified atom stereocenters. The summed E-state index contributed by atoms with van der Waals surface area (Å²) in [5, 5.41) is 8.57. The first-order valence-electron chi connectivity index (χ1n) is 7.67. The van der Waals surface area contributed by atoms with E-state index in [1.54, 1.807) is 12.1 Å². The Hall–Kier alpha value is -1.25. The highest BCUT2D eigenvalue weighted by Crippen LogP contribution is 2.30. The number of nitrogens with zero attached hydrogens (tertiary/aromatic N) is 1. The van der Waals surface area contributed by atoms with E-state index in [1.807, 2.05) is 12.1 Å². The quantitative estimate of drug-likeness (QED) is 0.882. The van der Waals surface area contributed by atoms with Crippen molar-refractivity contribution in [3.63, 3.8) is 0 Å². The van der Waals surface area contributed by atoms with E-state index < -0.39 is 10.0 Å². The van der Waals surface area contributed by atoms with E-state index >= 15 is 0 Å². The van der Waals surface area contributed by atoms with Gasteiger partial charge in [-0.1, -0.05) is 24.3 Å². The highest BCUT2D eigenvalue weighted by molar-refractivity contribution is 7.91. The van der Waals surface area contributed by atoms with Crippen molar-refractivity contribution in [3.05, 3.63) is 42.0 Å². The number of nitrogens with two attached hydrogens (primary N) is 1. The van der Waals surface area contributed by atoms with Gasteiger partial charge < -0.3 is 5.32 Å². The van der Waals surface area contributed by atoms with E-state index in [-0.39, 0.29) is 4.21 Å². The van der Waals surface area contributed by atoms with Crippen LogP contribution in [0.1, 0.15) is 12.0 Å². The number of hydrogen-bond donors (Lipinski definition) is 2. The highest BCUT2D eigenvalue weighted by atomic mass is 32.2. The Kier molecular flexibility index (Phi) is 5.13. The smallest absolute Gasteiger partial charge is 0.247 e. The van der Waals surface area contributed by atoms with Crippen molar-refractivity contribution >= 4 is 21.4 Å². The second kappa shape index (κ2) is 7.11. The lowest BCUT2D eigenvalue weighted by Gasteiger charge is -2.19. The largest absolute Gasteiger partial charge is 0.315 e. The third kappa shape index (κ3) is 4.39. The van der Waals surface area contributed by atoms with Crippen LogP contribution in [0.15, 0.2) is 40.6 Å². The van der Waals surface area contributed by atoms with Crippen LogP contribution < -0.4 is 10.5 Å². The molecule has 5 nitrogen and oxygen atoms in total. The molecule has 0 saturated carbocycles. The van der Waals surface area contributed by atoms with Gasteiger partial charge in [0.05, 0.1) is 0 Å². The maximum atomic E-state index is 11.4. The van der Waals surface area contributed by atoms with Crippen molar-refractivity contribution in [2.24, 2.45) is 5.14 Å². The van der Waals surface area contributed by atoms with Gasteiger partial charge in [-0.2, -0.15) is 0 Å². The van der Waals surface area contributed by atoms with Crippen molar-refractivity contribution in [2.45, 2.75) is 17.2 Å². The summed E-state index contributed by atoms with van der Waals surface area (Å²) in [4.78, 5) is 3.37.